The van der Waals surface area contributed by atoms with E-state index in [0.717, 1.165) is 0 Å². The molecule has 1 aromatic heterocycles. The Morgan fingerprint density at radius 1 is 1.56 bits per heavy atom. The van der Waals surface area contributed by atoms with Gasteiger partial charge in [0.25, 0.3) is 0 Å². The van der Waals surface area contributed by atoms with Crippen LogP contribution in [0.25, 0.3) is 0 Å². The summed E-state index contributed by atoms with van der Waals surface area (Å²) >= 11 is 0. The zero-order valence-corrected chi connectivity index (χ0v) is 9.07. The van der Waals surface area contributed by atoms with E-state index in [1.807, 2.05) is 0 Å². The van der Waals surface area contributed by atoms with E-state index < -0.39 is 24.3 Å². The van der Waals surface area contributed by atoms with Crippen LogP contribution in [0.2, 0.25) is 0 Å². The molecule has 1 amide bonds. The minimum atomic E-state index is -1.11. The summed E-state index contributed by atoms with van der Waals surface area (Å²) in [5.74, 6) is -1.64. The first kappa shape index (κ1) is 12.2. The summed E-state index contributed by atoms with van der Waals surface area (Å²) < 4.78 is 0. The van der Waals surface area contributed by atoms with Crippen molar-refractivity contribution in [1.82, 2.24) is 10.2 Å². The van der Waals surface area contributed by atoms with Crippen LogP contribution in [-0.4, -0.2) is 33.2 Å². The lowest BCUT2D eigenvalue weighted by Crippen LogP contribution is -2.37. The van der Waals surface area contributed by atoms with E-state index in [4.69, 9.17) is 10.8 Å². The lowest BCUT2D eigenvalue weighted by Gasteiger charge is -2.09. The van der Waals surface area contributed by atoms with E-state index in [1.54, 1.807) is 13.8 Å². The second-order valence-electron chi connectivity index (χ2n) is 3.50. The molecule has 88 valence electrons. The summed E-state index contributed by atoms with van der Waals surface area (Å²) in [6.07, 6.45) is -0.401. The summed E-state index contributed by atoms with van der Waals surface area (Å²) in [6.45, 7) is 3.47. The molecule has 0 fully saturated rings. The normalized spacial score (nSPS) is 12.2. The Labute approximate surface area is 92.0 Å². The number of H-pyrrole nitrogens is 1. The predicted octanol–water partition coefficient (Wildman–Crippen LogP) is -0.233. The van der Waals surface area contributed by atoms with Crippen molar-refractivity contribution < 1.29 is 14.7 Å². The van der Waals surface area contributed by atoms with E-state index in [1.165, 1.54) is 0 Å². The fourth-order valence-corrected chi connectivity index (χ4v) is 1.23. The number of aliphatic carboxylic acids is 1. The average molecular weight is 226 g/mol. The van der Waals surface area contributed by atoms with Crippen LogP contribution in [0, 0.1) is 13.8 Å². The number of nitrogens with one attached hydrogen (secondary N) is 2. The predicted molar refractivity (Wildman–Crippen MR) is 56.9 cm³/mol. The number of anilines is 1. The molecule has 0 saturated heterocycles. The van der Waals surface area contributed by atoms with Crippen LogP contribution in [0.4, 0.5) is 5.69 Å². The number of carbonyl (C=O) groups excluding carboxylic acids is 1. The third-order valence-corrected chi connectivity index (χ3v) is 2.11. The maximum Gasteiger partial charge on any atom is 0.305 e. The molecule has 5 N–H and O–H groups in total. The highest BCUT2D eigenvalue weighted by Gasteiger charge is 2.19. The monoisotopic (exact) mass is 226 g/mol. The van der Waals surface area contributed by atoms with Gasteiger partial charge in [0.05, 0.1) is 29.5 Å². The second-order valence-corrected chi connectivity index (χ2v) is 3.50. The maximum atomic E-state index is 11.5. The third-order valence-electron chi connectivity index (χ3n) is 2.11. The number of carboxylic acids is 1. The van der Waals surface area contributed by atoms with Crippen molar-refractivity contribution in [3.05, 3.63) is 11.4 Å². The van der Waals surface area contributed by atoms with Crippen LogP contribution < -0.4 is 11.1 Å². The van der Waals surface area contributed by atoms with Crippen LogP contribution in [0.15, 0.2) is 0 Å². The smallest absolute Gasteiger partial charge is 0.305 e. The van der Waals surface area contributed by atoms with Gasteiger partial charge in [-0.15, -0.1) is 0 Å². The van der Waals surface area contributed by atoms with Crippen molar-refractivity contribution in [3.8, 4) is 0 Å². The van der Waals surface area contributed by atoms with E-state index in [-0.39, 0.29) is 0 Å². The summed E-state index contributed by atoms with van der Waals surface area (Å²) in [4.78, 5) is 21.9. The van der Waals surface area contributed by atoms with Gasteiger partial charge in [0.2, 0.25) is 5.91 Å². The molecule has 1 atom stereocenters. The Kier molecular flexibility index (Phi) is 3.62. The highest BCUT2D eigenvalue weighted by Crippen LogP contribution is 2.16. The zero-order chi connectivity index (χ0) is 12.3. The van der Waals surface area contributed by atoms with E-state index in [9.17, 15) is 9.59 Å². The van der Waals surface area contributed by atoms with Gasteiger partial charge >= 0.3 is 5.97 Å². The van der Waals surface area contributed by atoms with Gasteiger partial charge in [0.15, 0.2) is 0 Å². The van der Waals surface area contributed by atoms with E-state index >= 15 is 0 Å². The highest BCUT2D eigenvalue weighted by atomic mass is 16.4. The van der Waals surface area contributed by atoms with Crippen LogP contribution in [0.5, 0.6) is 0 Å². The fraction of sp³-hybridized carbons (Fsp3) is 0.444. The van der Waals surface area contributed by atoms with Gasteiger partial charge in [-0.05, 0) is 13.8 Å². The molecular weight excluding hydrogens is 212 g/mol. The number of aryl methyl sites for hydroxylation is 2. The first-order chi connectivity index (χ1) is 7.41. The van der Waals surface area contributed by atoms with Crippen molar-refractivity contribution in [2.45, 2.75) is 26.3 Å². The van der Waals surface area contributed by atoms with Gasteiger partial charge in [0, 0.05) is 0 Å². The summed E-state index contributed by atoms with van der Waals surface area (Å²) in [6, 6.07) is -1.06. The molecule has 1 aromatic rings. The molecule has 0 aromatic carbocycles. The quantitative estimate of drug-likeness (QED) is 0.565. The molecular formula is C9H14N4O3. The number of nitrogens with two attached hydrogens (primary N) is 1. The first-order valence-corrected chi connectivity index (χ1v) is 4.71. The third kappa shape index (κ3) is 2.80. The van der Waals surface area contributed by atoms with Crippen molar-refractivity contribution in [1.29, 1.82) is 0 Å². The fourth-order valence-electron chi connectivity index (χ4n) is 1.23. The molecule has 0 saturated carbocycles. The minimum Gasteiger partial charge on any atom is -0.481 e. The van der Waals surface area contributed by atoms with Crippen molar-refractivity contribution >= 4 is 17.6 Å². The van der Waals surface area contributed by atoms with Crippen molar-refractivity contribution in [3.63, 3.8) is 0 Å². The largest absolute Gasteiger partial charge is 0.481 e. The molecule has 0 aliphatic rings. The Hall–Kier alpha value is -1.89. The molecule has 7 nitrogen and oxygen atoms in total. The van der Waals surface area contributed by atoms with E-state index in [0.29, 0.717) is 17.1 Å². The molecule has 16 heavy (non-hydrogen) atoms. The number of hydrogen-bond donors (Lipinski definition) is 4. The van der Waals surface area contributed by atoms with Gasteiger partial charge in [-0.3, -0.25) is 14.7 Å². The molecule has 0 aliphatic heterocycles. The maximum absolute atomic E-state index is 11.5. The number of rotatable bonds is 4. The van der Waals surface area contributed by atoms with Crippen LogP contribution >= 0.6 is 0 Å². The molecule has 1 unspecified atom stereocenters. The molecule has 0 aliphatic carbocycles. The number of amides is 1. The lowest BCUT2D eigenvalue weighted by atomic mass is 10.2. The van der Waals surface area contributed by atoms with E-state index in [2.05, 4.69) is 15.5 Å². The van der Waals surface area contributed by atoms with Crippen LogP contribution in [-0.2, 0) is 9.59 Å². The summed E-state index contributed by atoms with van der Waals surface area (Å²) in [7, 11) is 0. The number of aromatic amines is 1. The number of carbonyl (C=O) groups is 2. The van der Waals surface area contributed by atoms with Gasteiger partial charge in [-0.2, -0.15) is 5.10 Å². The summed E-state index contributed by atoms with van der Waals surface area (Å²) in [5.41, 5.74) is 7.29. The lowest BCUT2D eigenvalue weighted by molar-refractivity contribution is -0.138. The van der Waals surface area contributed by atoms with Crippen molar-refractivity contribution in [2.75, 3.05) is 5.32 Å². The second kappa shape index (κ2) is 4.75. The Morgan fingerprint density at radius 3 is 2.62 bits per heavy atom. The first-order valence-electron chi connectivity index (χ1n) is 4.71. The molecule has 0 bridgehead atoms. The number of carboxylic acid groups (broad SMARTS) is 1. The average Bonchev–Trinajstić information content (AvgIpc) is 2.48. The minimum absolute atomic E-state index is 0.401. The van der Waals surface area contributed by atoms with Crippen molar-refractivity contribution in [2.24, 2.45) is 5.73 Å². The molecule has 1 heterocycles. The Morgan fingerprint density at radius 2 is 2.19 bits per heavy atom. The summed E-state index contributed by atoms with van der Waals surface area (Å²) in [5, 5.41) is 17.6. The number of aromatic nitrogens is 2. The molecule has 1 rings (SSSR count). The topological polar surface area (TPSA) is 121 Å². The van der Waals surface area contributed by atoms with Gasteiger partial charge in [-0.25, -0.2) is 0 Å². The Bertz CT molecular complexity index is 393. The Balaban J connectivity index is 2.68. The standard InChI is InChI=1S/C9H14N4O3/c1-4-8(5(2)13-12-4)11-9(16)6(10)3-7(14)15/h6H,3,10H2,1-2H3,(H,11,16)(H,12,13)(H,14,15). The molecule has 0 radical (unpaired) electrons. The van der Waals surface area contributed by atoms with Crippen LogP contribution in [0.1, 0.15) is 17.8 Å². The molecule has 7 heteroatoms. The van der Waals surface area contributed by atoms with Gasteiger partial charge in [-0.1, -0.05) is 0 Å². The number of nitrogens with zero attached hydrogens (tertiary/aromatic N) is 1. The molecule has 0 spiro atoms. The number of hydrogen-bond acceptors (Lipinski definition) is 4. The SMILES string of the molecule is Cc1n[nH]c(C)c1NC(=O)C(N)CC(=O)O. The zero-order valence-electron chi connectivity index (χ0n) is 9.07. The van der Waals surface area contributed by atoms with Crippen LogP contribution in [0.3, 0.4) is 0 Å². The van der Waals surface area contributed by atoms with Gasteiger partial charge < -0.3 is 16.2 Å². The van der Waals surface area contributed by atoms with Gasteiger partial charge in [0.1, 0.15) is 0 Å². The highest BCUT2D eigenvalue weighted by molar-refractivity contribution is 5.97.